The Morgan fingerprint density at radius 1 is 0.309 bits per heavy atom. The van der Waals surface area contributed by atoms with Crippen LogP contribution in [-0.2, 0) is 28.6 Å². The molecular weight excluding hydrogens is 841 g/mol. The minimum atomic E-state index is -0.799. The van der Waals surface area contributed by atoms with Crippen molar-refractivity contribution in [3.05, 3.63) is 109 Å². The Balaban J connectivity index is 4.40. The van der Waals surface area contributed by atoms with E-state index in [2.05, 4.69) is 130 Å². The molecule has 1 atom stereocenters. The Morgan fingerprint density at radius 2 is 0.603 bits per heavy atom. The summed E-state index contributed by atoms with van der Waals surface area (Å²) in [5.74, 6) is -0.945. The molecule has 0 N–H and O–H groups in total. The number of unbranched alkanes of at least 4 members (excludes halogenated alkanes) is 20. The van der Waals surface area contributed by atoms with Crippen LogP contribution < -0.4 is 0 Å². The van der Waals surface area contributed by atoms with Crippen molar-refractivity contribution >= 4 is 17.9 Å². The maximum absolute atomic E-state index is 12.8. The molecule has 0 saturated heterocycles. The van der Waals surface area contributed by atoms with Crippen LogP contribution in [0, 0.1) is 0 Å². The van der Waals surface area contributed by atoms with Gasteiger partial charge in [-0.2, -0.15) is 0 Å². The molecule has 0 aliphatic heterocycles. The van der Waals surface area contributed by atoms with E-state index in [-0.39, 0.29) is 31.1 Å². The van der Waals surface area contributed by atoms with E-state index in [1.807, 2.05) is 0 Å². The fourth-order valence-electron chi connectivity index (χ4n) is 7.34. The lowest BCUT2D eigenvalue weighted by Gasteiger charge is -2.18. The van der Waals surface area contributed by atoms with E-state index >= 15 is 0 Å². The van der Waals surface area contributed by atoms with E-state index in [0.717, 1.165) is 141 Å². The summed E-state index contributed by atoms with van der Waals surface area (Å²) in [6.07, 6.45) is 75.0. The van der Waals surface area contributed by atoms with Gasteiger partial charge >= 0.3 is 17.9 Å². The molecule has 0 amide bonds. The van der Waals surface area contributed by atoms with E-state index in [1.165, 1.54) is 64.2 Å². The fraction of sp³-hybridized carbons (Fsp3) is 0.661. The van der Waals surface area contributed by atoms with Crippen LogP contribution in [0.25, 0.3) is 0 Å². The molecule has 68 heavy (non-hydrogen) atoms. The van der Waals surface area contributed by atoms with Crippen LogP contribution in [0.4, 0.5) is 0 Å². The second kappa shape index (κ2) is 55.7. The van der Waals surface area contributed by atoms with Crippen LogP contribution in [0.5, 0.6) is 0 Å². The summed E-state index contributed by atoms with van der Waals surface area (Å²) < 4.78 is 16.8. The molecule has 0 aromatic carbocycles. The number of ether oxygens (including phenoxy) is 3. The number of hydrogen-bond acceptors (Lipinski definition) is 6. The van der Waals surface area contributed by atoms with Crippen molar-refractivity contribution in [1.29, 1.82) is 0 Å². The predicted molar refractivity (Wildman–Crippen MR) is 293 cm³/mol. The summed E-state index contributed by atoms with van der Waals surface area (Å²) in [6.45, 7) is 6.41. The van der Waals surface area contributed by atoms with Crippen LogP contribution in [0.1, 0.15) is 245 Å². The number of carbonyl (C=O) groups excluding carboxylic acids is 3. The molecule has 0 aliphatic carbocycles. The molecule has 0 aromatic heterocycles. The van der Waals surface area contributed by atoms with E-state index < -0.39 is 6.10 Å². The molecule has 0 aromatic rings. The minimum Gasteiger partial charge on any atom is -0.462 e. The zero-order chi connectivity index (χ0) is 49.3. The number of allylic oxidation sites excluding steroid dienone is 18. The van der Waals surface area contributed by atoms with E-state index in [1.54, 1.807) is 0 Å². The molecule has 0 aliphatic rings. The fourth-order valence-corrected chi connectivity index (χ4v) is 7.34. The zero-order valence-electron chi connectivity index (χ0n) is 44.1. The Bertz CT molecular complexity index is 1410. The van der Waals surface area contributed by atoms with E-state index in [4.69, 9.17) is 14.2 Å². The highest BCUT2D eigenvalue weighted by molar-refractivity contribution is 5.71. The molecule has 1 unspecified atom stereocenters. The van der Waals surface area contributed by atoms with Gasteiger partial charge in [0.1, 0.15) is 13.2 Å². The number of rotatable bonds is 49. The van der Waals surface area contributed by atoms with Crippen molar-refractivity contribution in [3.63, 3.8) is 0 Å². The third-order valence-electron chi connectivity index (χ3n) is 11.5. The van der Waals surface area contributed by atoms with Gasteiger partial charge in [-0.1, -0.05) is 233 Å². The molecule has 6 nitrogen and oxygen atoms in total. The zero-order valence-corrected chi connectivity index (χ0v) is 44.1. The second-order valence-corrected chi connectivity index (χ2v) is 18.1. The smallest absolute Gasteiger partial charge is 0.306 e. The largest absolute Gasteiger partial charge is 0.462 e. The topological polar surface area (TPSA) is 78.9 Å². The summed E-state index contributed by atoms with van der Waals surface area (Å²) in [5, 5.41) is 0. The molecule has 0 radical (unpaired) electrons. The third-order valence-corrected chi connectivity index (χ3v) is 11.5. The van der Waals surface area contributed by atoms with Crippen molar-refractivity contribution in [2.45, 2.75) is 252 Å². The summed E-state index contributed by atoms with van der Waals surface area (Å²) in [6, 6.07) is 0. The average Bonchev–Trinajstić information content (AvgIpc) is 3.34. The van der Waals surface area contributed by atoms with Crippen LogP contribution in [-0.4, -0.2) is 37.2 Å². The quantitative estimate of drug-likeness (QED) is 0.0262. The van der Waals surface area contributed by atoms with Gasteiger partial charge in [-0.05, 0) is 103 Å². The molecule has 0 fully saturated rings. The van der Waals surface area contributed by atoms with Gasteiger partial charge in [-0.3, -0.25) is 14.4 Å². The van der Waals surface area contributed by atoms with Gasteiger partial charge in [0.2, 0.25) is 0 Å². The molecule has 6 heteroatoms. The second-order valence-electron chi connectivity index (χ2n) is 18.1. The maximum Gasteiger partial charge on any atom is 0.306 e. The third kappa shape index (κ3) is 53.0. The molecular formula is C62H102O6. The Hall–Kier alpha value is -3.93. The normalized spacial score (nSPS) is 12.9. The standard InChI is InChI=1S/C62H102O6/c1-4-7-10-13-16-19-22-25-26-27-28-29-30-31-32-33-34-35-36-38-40-43-46-49-52-55-61(64)67-58-59(57-66-60(63)54-51-48-45-42-39-24-21-18-15-12-9-6-3)68-62(65)56-53-50-47-44-41-37-23-20-17-14-11-8-5-2/h7,10-11,14,16,19-20,23,25-26,28-29,31-32,34-35,38,40,59H,4-6,8-9,12-13,15,17-18,21-22,24,27,30,33,36-37,39,41-58H2,1-3H3/b10-7-,14-11-,19-16-,23-20-,26-25-,29-28-,32-31-,35-34-,40-38-. The molecule has 0 heterocycles. The Labute approximate surface area is 419 Å². The van der Waals surface area contributed by atoms with Crippen LogP contribution in [0.3, 0.4) is 0 Å². The molecule has 0 bridgehead atoms. The first-order valence-electron chi connectivity index (χ1n) is 27.9. The average molecular weight is 943 g/mol. The first-order chi connectivity index (χ1) is 33.5. The number of esters is 3. The lowest BCUT2D eigenvalue weighted by molar-refractivity contribution is -0.167. The highest BCUT2D eigenvalue weighted by Crippen LogP contribution is 2.14. The van der Waals surface area contributed by atoms with Crippen LogP contribution in [0.15, 0.2) is 109 Å². The molecule has 0 rings (SSSR count). The molecule has 0 saturated carbocycles. The molecule has 0 spiro atoms. The van der Waals surface area contributed by atoms with Crippen molar-refractivity contribution in [3.8, 4) is 0 Å². The Kier molecular flexibility index (Phi) is 52.4. The van der Waals surface area contributed by atoms with Crippen molar-refractivity contribution in [2.75, 3.05) is 13.2 Å². The maximum atomic E-state index is 12.8. The SMILES string of the molecule is CC/C=C\C/C=C\C/C=C\C/C=C\C/C=C\C/C=C\C/C=C\CCCCCC(=O)OCC(COC(=O)CCCCCCCCCCCCCC)OC(=O)CCCCCCC/C=C\C/C=C\CCC. The van der Waals surface area contributed by atoms with Gasteiger partial charge in [0.05, 0.1) is 0 Å². The number of hydrogen-bond donors (Lipinski definition) is 0. The number of carbonyl (C=O) groups is 3. The summed E-state index contributed by atoms with van der Waals surface area (Å²) >= 11 is 0. The summed E-state index contributed by atoms with van der Waals surface area (Å²) in [4.78, 5) is 38.0. The van der Waals surface area contributed by atoms with Crippen LogP contribution in [0.2, 0.25) is 0 Å². The summed E-state index contributed by atoms with van der Waals surface area (Å²) in [7, 11) is 0. The minimum absolute atomic E-state index is 0.0943. The van der Waals surface area contributed by atoms with Gasteiger partial charge in [-0.15, -0.1) is 0 Å². The van der Waals surface area contributed by atoms with Crippen molar-refractivity contribution in [2.24, 2.45) is 0 Å². The van der Waals surface area contributed by atoms with E-state index in [0.29, 0.717) is 19.3 Å². The van der Waals surface area contributed by atoms with Gasteiger partial charge in [0.15, 0.2) is 6.10 Å². The monoisotopic (exact) mass is 943 g/mol. The Morgan fingerprint density at radius 3 is 0.971 bits per heavy atom. The van der Waals surface area contributed by atoms with Gasteiger partial charge < -0.3 is 14.2 Å². The van der Waals surface area contributed by atoms with Gasteiger partial charge in [0.25, 0.3) is 0 Å². The first-order valence-corrected chi connectivity index (χ1v) is 27.9. The highest BCUT2D eigenvalue weighted by atomic mass is 16.6. The van der Waals surface area contributed by atoms with Crippen molar-refractivity contribution in [1.82, 2.24) is 0 Å². The lowest BCUT2D eigenvalue weighted by Crippen LogP contribution is -2.30. The summed E-state index contributed by atoms with van der Waals surface area (Å²) in [5.41, 5.74) is 0. The highest BCUT2D eigenvalue weighted by Gasteiger charge is 2.19. The first kappa shape index (κ1) is 64.1. The lowest BCUT2D eigenvalue weighted by atomic mass is 10.0. The van der Waals surface area contributed by atoms with Crippen LogP contribution >= 0.6 is 0 Å². The van der Waals surface area contributed by atoms with Gasteiger partial charge in [0, 0.05) is 19.3 Å². The predicted octanol–water partition coefficient (Wildman–Crippen LogP) is 18.7. The van der Waals surface area contributed by atoms with Crippen molar-refractivity contribution < 1.29 is 28.6 Å². The van der Waals surface area contributed by atoms with E-state index in [9.17, 15) is 14.4 Å². The van der Waals surface area contributed by atoms with Gasteiger partial charge in [-0.25, -0.2) is 0 Å². The molecule has 386 valence electrons.